The topological polar surface area (TPSA) is 94.6 Å². The fourth-order valence-electron chi connectivity index (χ4n) is 4.10. The van der Waals surface area contributed by atoms with E-state index in [1.807, 2.05) is 73.7 Å². The highest BCUT2D eigenvalue weighted by Gasteiger charge is 2.30. The summed E-state index contributed by atoms with van der Waals surface area (Å²) in [6, 6.07) is 27.3. The zero-order valence-electron chi connectivity index (χ0n) is 18.8. The third kappa shape index (κ3) is 4.31. The van der Waals surface area contributed by atoms with Crippen LogP contribution in [0.5, 0.6) is 0 Å². The van der Waals surface area contributed by atoms with E-state index in [9.17, 15) is 18.5 Å². The first-order chi connectivity index (χ1) is 16.8. The first-order valence-corrected chi connectivity index (χ1v) is 12.6. The second-order valence-corrected chi connectivity index (χ2v) is 10.3. The smallest absolute Gasteiger partial charge is 0.352 e. The average molecular weight is 484 g/mol. The number of rotatable bonds is 6. The van der Waals surface area contributed by atoms with Crippen LogP contribution in [0.2, 0.25) is 0 Å². The molecule has 0 bridgehead atoms. The van der Waals surface area contributed by atoms with Crippen molar-refractivity contribution in [3.8, 4) is 22.3 Å². The van der Waals surface area contributed by atoms with Gasteiger partial charge in [-0.25, -0.2) is 13.4 Å². The Morgan fingerprint density at radius 1 is 0.857 bits per heavy atom. The average Bonchev–Trinajstić information content (AvgIpc) is 3.22. The minimum atomic E-state index is -3.85. The fourth-order valence-corrected chi connectivity index (χ4v) is 5.37. The lowest BCUT2D eigenvalue weighted by Crippen LogP contribution is -2.07. The van der Waals surface area contributed by atoms with Crippen LogP contribution in [0.4, 0.5) is 5.82 Å². The van der Waals surface area contributed by atoms with Gasteiger partial charge in [-0.3, -0.25) is 0 Å². The van der Waals surface area contributed by atoms with E-state index in [1.54, 1.807) is 18.3 Å². The van der Waals surface area contributed by atoms with Gasteiger partial charge in [0.1, 0.15) is 11.9 Å². The van der Waals surface area contributed by atoms with E-state index >= 15 is 0 Å². The molecule has 0 aliphatic rings. The Balaban J connectivity index is 1.75. The van der Waals surface area contributed by atoms with E-state index in [-0.39, 0.29) is 16.4 Å². The highest BCUT2D eigenvalue weighted by Crippen LogP contribution is 2.34. The van der Waals surface area contributed by atoms with Crippen molar-refractivity contribution in [3.05, 3.63) is 119 Å². The lowest BCUT2D eigenvalue weighted by atomic mass is 10.0. The molecule has 0 atom stereocenters. The van der Waals surface area contributed by atoms with Crippen molar-refractivity contribution in [2.75, 3.05) is 0 Å². The van der Waals surface area contributed by atoms with Gasteiger partial charge in [0.05, 0.1) is 4.90 Å². The van der Waals surface area contributed by atoms with Crippen molar-refractivity contribution in [1.82, 2.24) is 9.38 Å². The standard InChI is InChI=1S/C27H21N3O4S/c1-19-12-14-23(15-13-19)35(33,34)18-25-27(30(31)32)29-17-22(20-8-4-2-5-9-20)16-24(26(29)28-25)21-10-6-3-7-11-21/h2-17H,18H2,1H3. The number of pyridine rings is 1. The highest BCUT2D eigenvalue weighted by atomic mass is 32.2. The summed E-state index contributed by atoms with van der Waals surface area (Å²) >= 11 is 0. The minimum absolute atomic E-state index is 0.0991. The van der Waals surface area contributed by atoms with Crippen molar-refractivity contribution in [1.29, 1.82) is 0 Å². The summed E-state index contributed by atoms with van der Waals surface area (Å²) in [7, 11) is -3.85. The number of sulfone groups is 1. The van der Waals surface area contributed by atoms with Crippen molar-refractivity contribution < 1.29 is 13.3 Å². The molecule has 2 heterocycles. The van der Waals surface area contributed by atoms with Gasteiger partial charge in [0.15, 0.2) is 15.5 Å². The number of fused-ring (bicyclic) bond motifs is 1. The first-order valence-electron chi connectivity index (χ1n) is 10.9. The van der Waals surface area contributed by atoms with Crippen LogP contribution in [-0.4, -0.2) is 22.7 Å². The highest BCUT2D eigenvalue weighted by molar-refractivity contribution is 7.90. The van der Waals surface area contributed by atoms with Gasteiger partial charge in [-0.05, 0) is 41.2 Å². The summed E-state index contributed by atoms with van der Waals surface area (Å²) < 4.78 is 27.7. The molecule has 0 amide bonds. The fraction of sp³-hybridized carbons (Fsp3) is 0.0741. The number of imidazole rings is 1. The number of hydrogen-bond acceptors (Lipinski definition) is 5. The summed E-state index contributed by atoms with van der Waals surface area (Å²) in [5, 5.41) is 12.2. The molecule has 5 rings (SSSR count). The molecule has 0 saturated carbocycles. The predicted octanol–water partition coefficient (Wildman–Crippen LogP) is 5.86. The Morgan fingerprint density at radius 3 is 2.06 bits per heavy atom. The molecule has 0 aliphatic heterocycles. The van der Waals surface area contributed by atoms with E-state index in [0.29, 0.717) is 11.2 Å². The number of nitrogens with zero attached hydrogens (tertiary/aromatic N) is 3. The summed E-state index contributed by atoms with van der Waals surface area (Å²) in [6.45, 7) is 1.86. The van der Waals surface area contributed by atoms with E-state index in [4.69, 9.17) is 0 Å². The van der Waals surface area contributed by atoms with Crippen LogP contribution in [0, 0.1) is 17.0 Å². The molecule has 0 aliphatic carbocycles. The Labute approximate surface area is 202 Å². The van der Waals surface area contributed by atoms with Crippen LogP contribution in [0.1, 0.15) is 11.3 Å². The van der Waals surface area contributed by atoms with Gasteiger partial charge in [-0.2, -0.15) is 4.40 Å². The molecule has 35 heavy (non-hydrogen) atoms. The molecule has 3 aromatic carbocycles. The van der Waals surface area contributed by atoms with Crippen LogP contribution in [0.3, 0.4) is 0 Å². The van der Waals surface area contributed by atoms with Crippen LogP contribution >= 0.6 is 0 Å². The molecule has 2 aromatic heterocycles. The number of nitro groups is 1. The zero-order chi connectivity index (χ0) is 24.6. The van der Waals surface area contributed by atoms with E-state index in [2.05, 4.69) is 4.98 Å². The van der Waals surface area contributed by atoms with Gasteiger partial charge in [-0.1, -0.05) is 78.4 Å². The van der Waals surface area contributed by atoms with Gasteiger partial charge < -0.3 is 10.1 Å². The Morgan fingerprint density at radius 2 is 1.46 bits per heavy atom. The summed E-state index contributed by atoms with van der Waals surface area (Å²) in [4.78, 5) is 16.3. The lowest BCUT2D eigenvalue weighted by molar-refractivity contribution is -0.391. The molecule has 174 valence electrons. The van der Waals surface area contributed by atoms with Gasteiger partial charge in [0.2, 0.25) is 5.65 Å². The summed E-state index contributed by atoms with van der Waals surface area (Å²) in [6.07, 6.45) is 1.64. The molecular formula is C27H21N3O4S. The second-order valence-electron chi connectivity index (χ2n) is 8.28. The predicted molar refractivity (Wildman–Crippen MR) is 135 cm³/mol. The number of hydrogen-bond donors (Lipinski definition) is 0. The van der Waals surface area contributed by atoms with Crippen LogP contribution < -0.4 is 0 Å². The molecule has 0 unspecified atom stereocenters. The molecule has 7 nitrogen and oxygen atoms in total. The van der Waals surface area contributed by atoms with Crippen LogP contribution in [0.25, 0.3) is 27.9 Å². The SMILES string of the molecule is Cc1ccc(S(=O)(=O)Cc2nc3c(-c4ccccc4)cc(-c4ccccc4)cn3c2[N+](=O)[O-])cc1. The van der Waals surface area contributed by atoms with Crippen LogP contribution in [0.15, 0.2) is 102 Å². The third-order valence-electron chi connectivity index (χ3n) is 5.84. The van der Waals surface area contributed by atoms with E-state index < -0.39 is 20.5 Å². The normalized spacial score (nSPS) is 11.6. The minimum Gasteiger partial charge on any atom is -0.358 e. The third-order valence-corrected chi connectivity index (χ3v) is 7.48. The summed E-state index contributed by atoms with van der Waals surface area (Å²) in [5.74, 6) is -0.936. The van der Waals surface area contributed by atoms with Crippen molar-refractivity contribution in [3.63, 3.8) is 0 Å². The largest absolute Gasteiger partial charge is 0.358 e. The van der Waals surface area contributed by atoms with Crippen molar-refractivity contribution in [2.45, 2.75) is 17.6 Å². The molecular weight excluding hydrogens is 462 g/mol. The molecule has 0 fully saturated rings. The van der Waals surface area contributed by atoms with Crippen molar-refractivity contribution >= 4 is 21.3 Å². The zero-order valence-corrected chi connectivity index (χ0v) is 19.6. The van der Waals surface area contributed by atoms with Gasteiger partial charge in [0, 0.05) is 11.1 Å². The maximum atomic E-state index is 13.1. The molecule has 0 N–H and O–H groups in total. The number of aryl methyl sites for hydroxylation is 1. The molecule has 0 saturated heterocycles. The summed E-state index contributed by atoms with van der Waals surface area (Å²) in [5.41, 5.74) is 4.28. The van der Waals surface area contributed by atoms with Gasteiger partial charge >= 0.3 is 5.82 Å². The van der Waals surface area contributed by atoms with Crippen LogP contribution in [-0.2, 0) is 15.6 Å². The monoisotopic (exact) mass is 483 g/mol. The Hall–Kier alpha value is -4.30. The maximum Gasteiger partial charge on any atom is 0.352 e. The first kappa shape index (κ1) is 22.5. The van der Waals surface area contributed by atoms with Gasteiger partial charge in [-0.15, -0.1) is 0 Å². The lowest BCUT2D eigenvalue weighted by Gasteiger charge is -2.07. The van der Waals surface area contributed by atoms with Crippen molar-refractivity contribution in [2.24, 2.45) is 0 Å². The number of benzene rings is 3. The second kappa shape index (κ2) is 8.81. The maximum absolute atomic E-state index is 13.1. The Bertz CT molecular complexity index is 1640. The quantitative estimate of drug-likeness (QED) is 0.223. The number of aromatic nitrogens is 2. The molecule has 0 radical (unpaired) electrons. The molecule has 5 aromatic rings. The van der Waals surface area contributed by atoms with Gasteiger partial charge in [0.25, 0.3) is 0 Å². The molecule has 8 heteroatoms. The van der Waals surface area contributed by atoms with E-state index in [0.717, 1.165) is 22.3 Å². The Kier molecular flexibility index (Phi) is 5.66. The van der Waals surface area contributed by atoms with E-state index in [1.165, 1.54) is 16.5 Å². The molecule has 0 spiro atoms.